The molecule has 3 amide bonds. The number of nitrogens with one attached hydrogen (secondary N) is 2. The van der Waals surface area contributed by atoms with Crippen molar-refractivity contribution in [2.75, 3.05) is 18.4 Å². The van der Waals surface area contributed by atoms with Gasteiger partial charge in [0, 0.05) is 19.3 Å². The van der Waals surface area contributed by atoms with Gasteiger partial charge in [0.25, 0.3) is 0 Å². The molecule has 1 atom stereocenters. The number of aromatic nitrogens is 1. The van der Waals surface area contributed by atoms with Gasteiger partial charge >= 0.3 is 12.1 Å². The molecule has 1 aromatic heterocycles. The van der Waals surface area contributed by atoms with Crippen LogP contribution in [0.5, 0.6) is 0 Å². The van der Waals surface area contributed by atoms with E-state index in [2.05, 4.69) is 15.6 Å². The van der Waals surface area contributed by atoms with Crippen molar-refractivity contribution < 1.29 is 14.3 Å². The van der Waals surface area contributed by atoms with E-state index in [1.54, 1.807) is 29.3 Å². The van der Waals surface area contributed by atoms with E-state index in [4.69, 9.17) is 4.74 Å². The van der Waals surface area contributed by atoms with Crippen molar-refractivity contribution in [2.45, 2.75) is 45.3 Å². The first-order chi connectivity index (χ1) is 10.8. The van der Waals surface area contributed by atoms with Crippen molar-refractivity contribution >= 4 is 17.9 Å². The molecule has 2 N–H and O–H groups in total. The minimum absolute atomic E-state index is 0.0423. The predicted molar refractivity (Wildman–Crippen MR) is 87.2 cm³/mol. The number of carbonyl (C=O) groups is 2. The third-order valence-electron chi connectivity index (χ3n) is 3.41. The van der Waals surface area contributed by atoms with Crippen LogP contribution in [0.4, 0.5) is 15.4 Å². The number of hydrogen-bond acceptors (Lipinski definition) is 4. The Balaban J connectivity index is 1.82. The molecule has 0 spiro atoms. The summed E-state index contributed by atoms with van der Waals surface area (Å²) >= 11 is 0. The number of hydrogen-bond donors (Lipinski definition) is 2. The SMILES string of the molecule is CC(C)(C)OC(=O)N1CCC[C@@H]1CNC(=O)Nc1ccccn1. The lowest BCUT2D eigenvalue weighted by molar-refractivity contribution is 0.0228. The first-order valence-corrected chi connectivity index (χ1v) is 7.81. The Bertz CT molecular complexity index is 542. The highest BCUT2D eigenvalue weighted by molar-refractivity contribution is 5.88. The van der Waals surface area contributed by atoms with E-state index >= 15 is 0 Å². The molecular weight excluding hydrogens is 296 g/mol. The minimum atomic E-state index is -0.520. The average Bonchev–Trinajstić information content (AvgIpc) is 2.93. The molecule has 2 heterocycles. The first kappa shape index (κ1) is 17.1. The van der Waals surface area contributed by atoms with Gasteiger partial charge < -0.3 is 15.0 Å². The van der Waals surface area contributed by atoms with E-state index in [1.165, 1.54) is 0 Å². The van der Waals surface area contributed by atoms with Gasteiger partial charge in [-0.25, -0.2) is 14.6 Å². The molecule has 2 rings (SSSR count). The first-order valence-electron chi connectivity index (χ1n) is 7.81. The zero-order chi connectivity index (χ0) is 16.9. The van der Waals surface area contributed by atoms with Crippen molar-refractivity contribution in [3.05, 3.63) is 24.4 Å². The van der Waals surface area contributed by atoms with Gasteiger partial charge in [-0.1, -0.05) is 6.07 Å². The summed E-state index contributed by atoms with van der Waals surface area (Å²) in [5.41, 5.74) is -0.520. The second-order valence-corrected chi connectivity index (χ2v) is 6.52. The highest BCUT2D eigenvalue weighted by Gasteiger charge is 2.32. The number of amides is 3. The van der Waals surface area contributed by atoms with Crippen molar-refractivity contribution in [1.82, 2.24) is 15.2 Å². The summed E-state index contributed by atoms with van der Waals surface area (Å²) in [6, 6.07) is 4.91. The molecule has 0 unspecified atom stereocenters. The van der Waals surface area contributed by atoms with Crippen molar-refractivity contribution in [2.24, 2.45) is 0 Å². The number of nitrogens with zero attached hydrogens (tertiary/aromatic N) is 2. The van der Waals surface area contributed by atoms with Crippen LogP contribution in [-0.4, -0.2) is 46.7 Å². The van der Waals surface area contributed by atoms with Crippen LogP contribution in [0.2, 0.25) is 0 Å². The summed E-state index contributed by atoms with van der Waals surface area (Å²) in [6.45, 7) is 6.57. The molecule has 0 aliphatic carbocycles. The van der Waals surface area contributed by atoms with Gasteiger partial charge in [0.1, 0.15) is 11.4 Å². The molecule has 1 saturated heterocycles. The van der Waals surface area contributed by atoms with E-state index in [9.17, 15) is 9.59 Å². The fourth-order valence-electron chi connectivity index (χ4n) is 2.42. The van der Waals surface area contributed by atoms with Gasteiger partial charge in [-0.2, -0.15) is 0 Å². The molecule has 23 heavy (non-hydrogen) atoms. The molecule has 0 saturated carbocycles. The molecule has 7 nitrogen and oxygen atoms in total. The molecule has 1 aliphatic heterocycles. The van der Waals surface area contributed by atoms with Gasteiger partial charge in [0.15, 0.2) is 0 Å². The van der Waals surface area contributed by atoms with Gasteiger partial charge in [-0.05, 0) is 45.7 Å². The normalized spacial score (nSPS) is 17.7. The van der Waals surface area contributed by atoms with Crippen LogP contribution in [0.15, 0.2) is 24.4 Å². The second-order valence-electron chi connectivity index (χ2n) is 6.52. The third kappa shape index (κ3) is 5.43. The highest BCUT2D eigenvalue weighted by atomic mass is 16.6. The Hall–Kier alpha value is -2.31. The Morgan fingerprint density at radius 3 is 2.83 bits per heavy atom. The molecule has 7 heteroatoms. The van der Waals surface area contributed by atoms with E-state index < -0.39 is 5.60 Å². The maximum atomic E-state index is 12.2. The number of rotatable bonds is 3. The Morgan fingerprint density at radius 2 is 2.17 bits per heavy atom. The summed E-state index contributed by atoms with van der Waals surface area (Å²) in [5, 5.41) is 5.43. The van der Waals surface area contributed by atoms with Crippen molar-refractivity contribution in [1.29, 1.82) is 0 Å². The molecule has 1 fully saturated rings. The number of carbonyl (C=O) groups excluding carboxylic acids is 2. The zero-order valence-corrected chi connectivity index (χ0v) is 13.8. The van der Waals surface area contributed by atoms with E-state index in [0.29, 0.717) is 18.9 Å². The molecule has 0 bridgehead atoms. The van der Waals surface area contributed by atoms with Gasteiger partial charge in [-0.15, -0.1) is 0 Å². The summed E-state index contributed by atoms with van der Waals surface area (Å²) in [4.78, 5) is 29.8. The number of ether oxygens (including phenoxy) is 1. The Kier molecular flexibility index (Phi) is 5.41. The van der Waals surface area contributed by atoms with Crippen LogP contribution < -0.4 is 10.6 Å². The zero-order valence-electron chi connectivity index (χ0n) is 13.8. The largest absolute Gasteiger partial charge is 0.444 e. The second kappa shape index (κ2) is 7.30. The Morgan fingerprint density at radius 1 is 1.39 bits per heavy atom. The number of urea groups is 1. The van der Waals surface area contributed by atoms with Gasteiger partial charge in [0.2, 0.25) is 0 Å². The standard InChI is InChI=1S/C16H24N4O3/c1-16(2,3)23-15(22)20-10-6-7-12(20)11-18-14(21)19-13-8-4-5-9-17-13/h4-5,8-9,12H,6-7,10-11H2,1-3H3,(H2,17,18,19,21)/t12-/m1/s1. The average molecular weight is 320 g/mol. The van der Waals surface area contributed by atoms with Crippen LogP contribution in [0.25, 0.3) is 0 Å². The third-order valence-corrected chi connectivity index (χ3v) is 3.41. The smallest absolute Gasteiger partial charge is 0.410 e. The van der Waals surface area contributed by atoms with Gasteiger partial charge in [0.05, 0.1) is 6.04 Å². The molecule has 126 valence electrons. The van der Waals surface area contributed by atoms with E-state index in [-0.39, 0.29) is 18.2 Å². The van der Waals surface area contributed by atoms with Crippen LogP contribution in [0.3, 0.4) is 0 Å². The summed E-state index contributed by atoms with van der Waals surface area (Å²) in [7, 11) is 0. The van der Waals surface area contributed by atoms with Crippen molar-refractivity contribution in [3.8, 4) is 0 Å². The quantitative estimate of drug-likeness (QED) is 0.896. The maximum Gasteiger partial charge on any atom is 0.410 e. The molecule has 0 aromatic carbocycles. The molecule has 1 aromatic rings. The fourth-order valence-corrected chi connectivity index (χ4v) is 2.42. The molecular formula is C16H24N4O3. The summed E-state index contributed by atoms with van der Waals surface area (Å²) in [5.74, 6) is 0.487. The molecule has 0 radical (unpaired) electrons. The number of likely N-dealkylation sites (tertiary alicyclic amines) is 1. The topological polar surface area (TPSA) is 83.6 Å². The predicted octanol–water partition coefficient (Wildman–Crippen LogP) is 2.60. The lowest BCUT2D eigenvalue weighted by Crippen LogP contribution is -2.45. The lowest BCUT2D eigenvalue weighted by Gasteiger charge is -2.28. The van der Waals surface area contributed by atoms with Crippen LogP contribution in [-0.2, 0) is 4.74 Å². The van der Waals surface area contributed by atoms with E-state index in [1.807, 2.05) is 20.8 Å². The fraction of sp³-hybridized carbons (Fsp3) is 0.562. The monoisotopic (exact) mass is 320 g/mol. The molecule has 1 aliphatic rings. The summed E-state index contributed by atoms with van der Waals surface area (Å²) < 4.78 is 5.40. The highest BCUT2D eigenvalue weighted by Crippen LogP contribution is 2.20. The van der Waals surface area contributed by atoms with Crippen molar-refractivity contribution in [3.63, 3.8) is 0 Å². The maximum absolute atomic E-state index is 12.2. The van der Waals surface area contributed by atoms with Crippen LogP contribution >= 0.6 is 0 Å². The number of pyridine rings is 1. The van der Waals surface area contributed by atoms with Gasteiger partial charge in [-0.3, -0.25) is 5.32 Å². The van der Waals surface area contributed by atoms with E-state index in [0.717, 1.165) is 12.8 Å². The van der Waals surface area contributed by atoms with Crippen LogP contribution in [0.1, 0.15) is 33.6 Å². The number of anilines is 1. The minimum Gasteiger partial charge on any atom is -0.444 e. The summed E-state index contributed by atoms with van der Waals surface area (Å²) in [6.07, 6.45) is 3.04. The lowest BCUT2D eigenvalue weighted by atomic mass is 10.2. The van der Waals surface area contributed by atoms with Crippen LogP contribution in [0, 0.1) is 0 Å². The Labute approximate surface area is 136 Å².